The number of nitrogens with one attached hydrogen (secondary N) is 1. The molecule has 154 valence electrons. The van der Waals surface area contributed by atoms with Crippen LogP contribution in [0.5, 0.6) is 0 Å². The number of carbonyl (C=O) groups is 2. The molecule has 1 N–H and O–H groups in total. The summed E-state index contributed by atoms with van der Waals surface area (Å²) in [7, 11) is -3.12. The number of rotatable bonds is 5. The normalized spacial score (nSPS) is 29.1. The molecular formula is C18H17F2N3O5S. The molecule has 1 saturated carbocycles. The van der Waals surface area contributed by atoms with E-state index in [0.29, 0.717) is 0 Å². The van der Waals surface area contributed by atoms with E-state index < -0.39 is 45.5 Å². The minimum absolute atomic E-state index is 0.0157. The number of ether oxygens (including phenoxy) is 1. The summed E-state index contributed by atoms with van der Waals surface area (Å²) in [5.41, 5.74) is -0.149. The first-order chi connectivity index (χ1) is 13.7. The van der Waals surface area contributed by atoms with Crippen LogP contribution in [0.15, 0.2) is 12.1 Å². The third-order valence-electron chi connectivity index (χ3n) is 5.57. The number of amides is 2. The molecule has 0 radical (unpaired) electrons. The van der Waals surface area contributed by atoms with Gasteiger partial charge in [0.15, 0.2) is 9.84 Å². The van der Waals surface area contributed by atoms with Gasteiger partial charge in [0.25, 0.3) is 0 Å². The quantitative estimate of drug-likeness (QED) is 0.755. The van der Waals surface area contributed by atoms with Crippen LogP contribution >= 0.6 is 0 Å². The molecule has 29 heavy (non-hydrogen) atoms. The Labute approximate surface area is 165 Å². The number of anilines is 1. The van der Waals surface area contributed by atoms with Gasteiger partial charge in [-0.05, 0) is 29.9 Å². The van der Waals surface area contributed by atoms with Crippen molar-refractivity contribution in [2.75, 3.05) is 29.5 Å². The van der Waals surface area contributed by atoms with Crippen molar-refractivity contribution in [3.05, 3.63) is 29.3 Å². The molecule has 4 rings (SSSR count). The minimum atomic E-state index is -3.12. The minimum Gasteiger partial charge on any atom is -0.442 e. The zero-order valence-electron chi connectivity index (χ0n) is 15.1. The van der Waals surface area contributed by atoms with Gasteiger partial charge in [-0.15, -0.1) is 0 Å². The summed E-state index contributed by atoms with van der Waals surface area (Å²) in [5.74, 6) is -3.24. The molecule has 2 saturated heterocycles. The Kier molecular flexibility index (Phi) is 4.69. The van der Waals surface area contributed by atoms with Gasteiger partial charge in [-0.25, -0.2) is 22.0 Å². The van der Waals surface area contributed by atoms with Gasteiger partial charge >= 0.3 is 6.09 Å². The highest BCUT2D eigenvalue weighted by Gasteiger charge is 2.60. The molecule has 2 aliphatic heterocycles. The number of hydrogen-bond acceptors (Lipinski definition) is 6. The SMILES string of the molecule is N#CCC(=O)NC[C@H]1CN(c2cc(F)c(C3[C@H]4CS(=O)(=O)C[C@@H]34)c(F)c2)C(=O)O1. The monoisotopic (exact) mass is 425 g/mol. The molecule has 1 aliphatic carbocycles. The van der Waals surface area contributed by atoms with Gasteiger partial charge < -0.3 is 10.1 Å². The second kappa shape index (κ2) is 6.95. The summed E-state index contributed by atoms with van der Waals surface area (Å²) in [6, 6.07) is 3.77. The van der Waals surface area contributed by atoms with E-state index in [4.69, 9.17) is 10.00 Å². The fraction of sp³-hybridized carbons (Fsp3) is 0.500. The molecule has 11 heteroatoms. The Morgan fingerprint density at radius 1 is 1.28 bits per heavy atom. The average molecular weight is 425 g/mol. The molecule has 0 spiro atoms. The highest BCUT2D eigenvalue weighted by atomic mass is 32.2. The predicted octanol–water partition coefficient (Wildman–Crippen LogP) is 1.08. The molecule has 1 aromatic carbocycles. The smallest absolute Gasteiger partial charge is 0.414 e. The topological polar surface area (TPSA) is 117 Å². The number of cyclic esters (lactones) is 1. The Hall–Kier alpha value is -2.74. The molecule has 2 heterocycles. The second-order valence-corrected chi connectivity index (χ2v) is 9.66. The predicted molar refractivity (Wildman–Crippen MR) is 95.6 cm³/mol. The summed E-state index contributed by atoms with van der Waals surface area (Å²) >= 11 is 0. The molecular weight excluding hydrogens is 408 g/mol. The lowest BCUT2D eigenvalue weighted by Gasteiger charge is -2.16. The van der Waals surface area contributed by atoms with Crippen molar-refractivity contribution in [3.63, 3.8) is 0 Å². The largest absolute Gasteiger partial charge is 0.442 e. The van der Waals surface area contributed by atoms with E-state index in [1.807, 2.05) is 0 Å². The Morgan fingerprint density at radius 3 is 2.48 bits per heavy atom. The van der Waals surface area contributed by atoms with Crippen molar-refractivity contribution in [2.24, 2.45) is 11.8 Å². The lowest BCUT2D eigenvalue weighted by molar-refractivity contribution is -0.120. The van der Waals surface area contributed by atoms with E-state index in [1.165, 1.54) is 0 Å². The molecule has 3 fully saturated rings. The third-order valence-corrected chi connectivity index (χ3v) is 7.36. The van der Waals surface area contributed by atoms with E-state index in [2.05, 4.69) is 5.32 Å². The van der Waals surface area contributed by atoms with Gasteiger partial charge in [0.2, 0.25) is 5.91 Å². The van der Waals surface area contributed by atoms with Crippen molar-refractivity contribution in [1.29, 1.82) is 5.26 Å². The van der Waals surface area contributed by atoms with Gasteiger partial charge in [-0.1, -0.05) is 0 Å². The van der Waals surface area contributed by atoms with Gasteiger partial charge in [0.05, 0.1) is 36.4 Å². The number of nitriles is 1. The molecule has 8 nitrogen and oxygen atoms in total. The van der Waals surface area contributed by atoms with Crippen molar-refractivity contribution in [2.45, 2.75) is 18.4 Å². The zero-order valence-corrected chi connectivity index (χ0v) is 15.9. The van der Waals surface area contributed by atoms with Gasteiger partial charge in [-0.2, -0.15) is 5.26 Å². The summed E-state index contributed by atoms with van der Waals surface area (Å²) in [6.45, 7) is -0.0392. The van der Waals surface area contributed by atoms with E-state index in [1.54, 1.807) is 6.07 Å². The van der Waals surface area contributed by atoms with Crippen LogP contribution in [0.2, 0.25) is 0 Å². The number of nitrogens with zero attached hydrogens (tertiary/aromatic N) is 2. The van der Waals surface area contributed by atoms with Crippen molar-refractivity contribution in [1.82, 2.24) is 5.32 Å². The summed E-state index contributed by atoms with van der Waals surface area (Å²) in [5, 5.41) is 10.9. The maximum atomic E-state index is 14.7. The van der Waals surface area contributed by atoms with Gasteiger partial charge in [0, 0.05) is 5.56 Å². The van der Waals surface area contributed by atoms with E-state index in [9.17, 15) is 26.8 Å². The van der Waals surface area contributed by atoms with Crippen LogP contribution < -0.4 is 10.2 Å². The summed E-state index contributed by atoms with van der Waals surface area (Å²) in [6.07, 6.45) is -1.85. The molecule has 2 amide bonds. The first-order valence-corrected chi connectivity index (χ1v) is 10.8. The number of carbonyl (C=O) groups excluding carboxylic acids is 2. The van der Waals surface area contributed by atoms with Gasteiger partial charge in [-0.3, -0.25) is 9.69 Å². The highest BCUT2D eigenvalue weighted by Crippen LogP contribution is 2.60. The maximum Gasteiger partial charge on any atom is 0.414 e. The van der Waals surface area contributed by atoms with E-state index in [-0.39, 0.29) is 54.1 Å². The first kappa shape index (κ1) is 19.6. The van der Waals surface area contributed by atoms with Crippen LogP contribution in [0.3, 0.4) is 0 Å². The van der Waals surface area contributed by atoms with Crippen LogP contribution in [0.1, 0.15) is 17.9 Å². The number of sulfone groups is 1. The van der Waals surface area contributed by atoms with E-state index in [0.717, 1.165) is 17.0 Å². The fourth-order valence-corrected chi connectivity index (χ4v) is 6.45. The van der Waals surface area contributed by atoms with Crippen LogP contribution in [0.25, 0.3) is 0 Å². The first-order valence-electron chi connectivity index (χ1n) is 9.01. The lowest BCUT2D eigenvalue weighted by Crippen LogP contribution is -2.34. The van der Waals surface area contributed by atoms with Crippen LogP contribution in [-0.2, 0) is 19.4 Å². The highest BCUT2D eigenvalue weighted by molar-refractivity contribution is 7.91. The maximum absolute atomic E-state index is 14.7. The summed E-state index contributed by atoms with van der Waals surface area (Å²) < 4.78 is 57.5. The molecule has 4 atom stereocenters. The zero-order chi connectivity index (χ0) is 20.9. The Balaban J connectivity index is 1.46. The average Bonchev–Trinajstić information content (AvgIpc) is 2.97. The molecule has 0 bridgehead atoms. The standard InChI is InChI=1S/C18H17F2N3O5S/c19-13-3-9(23-6-10(28-18(23)25)5-22-15(24)1-2-21)4-14(20)17(13)16-11-7-29(26,27)8-12(11)16/h3-4,10-12,16H,1,5-8H2,(H,22,24)/t10-,11-,12+,16?/m0/s1. The number of benzene rings is 1. The Morgan fingerprint density at radius 2 is 1.90 bits per heavy atom. The third kappa shape index (κ3) is 3.64. The summed E-state index contributed by atoms with van der Waals surface area (Å²) in [4.78, 5) is 24.5. The number of halogens is 2. The van der Waals surface area contributed by atoms with Crippen LogP contribution in [0.4, 0.5) is 19.3 Å². The second-order valence-electron chi connectivity index (χ2n) is 7.51. The van der Waals surface area contributed by atoms with Gasteiger partial charge in [0.1, 0.15) is 24.2 Å². The number of fused-ring (bicyclic) bond motifs is 1. The van der Waals surface area contributed by atoms with E-state index >= 15 is 0 Å². The van der Waals surface area contributed by atoms with Crippen molar-refractivity contribution >= 4 is 27.5 Å². The van der Waals surface area contributed by atoms with Crippen LogP contribution in [-0.4, -0.2) is 51.1 Å². The van der Waals surface area contributed by atoms with Crippen molar-refractivity contribution in [3.8, 4) is 6.07 Å². The van der Waals surface area contributed by atoms with Crippen LogP contribution in [0, 0.1) is 34.8 Å². The fourth-order valence-electron chi connectivity index (χ4n) is 4.23. The molecule has 1 aromatic rings. The Bertz CT molecular complexity index is 997. The van der Waals surface area contributed by atoms with Crippen molar-refractivity contribution < 1.29 is 31.5 Å². The molecule has 0 aromatic heterocycles. The molecule has 1 unspecified atom stereocenters. The molecule has 3 aliphatic rings. The lowest BCUT2D eigenvalue weighted by atomic mass is 10.1. The number of hydrogen-bond donors (Lipinski definition) is 1.